The Morgan fingerprint density at radius 1 is 0.729 bits per heavy atom. The Labute approximate surface area is 351 Å². The summed E-state index contributed by atoms with van der Waals surface area (Å²) in [6.07, 6.45) is 11.3. The number of ether oxygens (including phenoxy) is 1. The van der Waals surface area contributed by atoms with Crippen LogP contribution in [0.3, 0.4) is 0 Å². The molecule has 1 unspecified atom stereocenters. The van der Waals surface area contributed by atoms with Crippen molar-refractivity contribution >= 4 is 70.2 Å². The lowest BCUT2D eigenvalue weighted by atomic mass is 9.94. The van der Waals surface area contributed by atoms with Gasteiger partial charge in [-0.05, 0) is 61.3 Å². The van der Waals surface area contributed by atoms with E-state index in [1.807, 2.05) is 24.3 Å². The Bertz CT molecular complexity index is 2210. The van der Waals surface area contributed by atoms with Gasteiger partial charge < -0.3 is 24.4 Å². The summed E-state index contributed by atoms with van der Waals surface area (Å²) in [4.78, 5) is 36.0. The minimum Gasteiger partial charge on any atom is -0.748 e. The maximum absolute atomic E-state index is 13.7. The monoisotopic (exact) mass is 856 g/mol. The Kier molecular flexibility index (Phi) is 19.2. The summed E-state index contributed by atoms with van der Waals surface area (Å²) in [6, 6.07) is 11.5. The van der Waals surface area contributed by atoms with Crippen molar-refractivity contribution in [2.45, 2.75) is 110 Å². The minimum atomic E-state index is -5.06. The van der Waals surface area contributed by atoms with Crippen LogP contribution in [0.4, 0.5) is 0 Å². The molecule has 0 radical (unpaired) electrons. The van der Waals surface area contributed by atoms with E-state index in [0.717, 1.165) is 23.8 Å². The van der Waals surface area contributed by atoms with Crippen molar-refractivity contribution in [2.24, 2.45) is 0 Å². The lowest BCUT2D eigenvalue weighted by Crippen LogP contribution is -2.50. The molecule has 3 N–H and O–H groups in total. The fourth-order valence-corrected chi connectivity index (χ4v) is 9.43. The molecular formula is C44H64N4O9S2. The summed E-state index contributed by atoms with van der Waals surface area (Å²) in [6.45, 7) is 21.3. The zero-order chi connectivity index (χ0) is 43.8. The fourth-order valence-electron chi connectivity index (χ4n) is 7.27. The highest BCUT2D eigenvalue weighted by Crippen LogP contribution is 2.42. The molecule has 15 heteroatoms. The van der Waals surface area contributed by atoms with Gasteiger partial charge in [-0.2, -0.15) is 4.72 Å². The summed E-state index contributed by atoms with van der Waals surface area (Å²) in [7, 11) is -9.75. The Balaban J connectivity index is 0.000000462. The fraction of sp³-hybridized carbons (Fsp3) is 0.523. The summed E-state index contributed by atoms with van der Waals surface area (Å²) in [5.41, 5.74) is 0.290. The van der Waals surface area contributed by atoms with Crippen molar-refractivity contribution in [3.05, 3.63) is 60.7 Å². The molecule has 0 bridgehead atoms. The zero-order valence-electron chi connectivity index (χ0n) is 35.7. The molecule has 0 saturated carbocycles. The molecule has 0 aromatic heterocycles. The summed E-state index contributed by atoms with van der Waals surface area (Å²) in [5, 5.41) is 8.45. The van der Waals surface area contributed by atoms with Crippen LogP contribution in [-0.2, 0) is 34.5 Å². The van der Waals surface area contributed by atoms with Crippen LogP contribution in [0.25, 0.3) is 32.3 Å². The third-order valence-corrected chi connectivity index (χ3v) is 12.6. The predicted molar refractivity (Wildman–Crippen MR) is 235 cm³/mol. The second-order valence-electron chi connectivity index (χ2n) is 15.4. The van der Waals surface area contributed by atoms with Gasteiger partial charge in [-0.1, -0.05) is 96.4 Å². The molecule has 59 heavy (non-hydrogen) atoms. The van der Waals surface area contributed by atoms with E-state index >= 15 is 0 Å². The lowest BCUT2D eigenvalue weighted by Gasteiger charge is -2.39. The highest BCUT2D eigenvalue weighted by molar-refractivity contribution is 7.90. The first-order chi connectivity index (χ1) is 27.9. The molecule has 0 spiro atoms. The number of unbranched alkanes of at least 4 members (excludes halogenated alkanes) is 4. The predicted octanol–water partition coefficient (Wildman–Crippen LogP) is 6.90. The first-order valence-corrected chi connectivity index (χ1v) is 23.9. The number of esters is 1. The van der Waals surface area contributed by atoms with Gasteiger partial charge in [0.15, 0.2) is 0 Å². The number of hydrogen-bond donors (Lipinski definition) is 3. The third kappa shape index (κ3) is 14.5. The molecule has 4 rings (SSSR count). The molecule has 0 saturated heterocycles. The topological polar surface area (TPSA) is 188 Å². The van der Waals surface area contributed by atoms with Gasteiger partial charge in [0.1, 0.15) is 11.8 Å². The van der Waals surface area contributed by atoms with Crippen molar-refractivity contribution < 1.29 is 45.0 Å². The Morgan fingerprint density at radius 2 is 1.24 bits per heavy atom. The van der Waals surface area contributed by atoms with Gasteiger partial charge in [0.05, 0.1) is 46.9 Å². The molecule has 0 fully saturated rings. The van der Waals surface area contributed by atoms with E-state index in [1.54, 1.807) is 18.2 Å². The zero-order valence-corrected chi connectivity index (χ0v) is 37.3. The van der Waals surface area contributed by atoms with Crippen LogP contribution >= 0.6 is 0 Å². The first kappa shape index (κ1) is 49.2. The maximum atomic E-state index is 13.7. The number of carbonyl (C=O) groups excluding carboxylic acids is 3. The molecule has 0 aliphatic carbocycles. The van der Waals surface area contributed by atoms with Crippen molar-refractivity contribution in [1.82, 2.24) is 15.4 Å². The number of amides is 2. The minimum absolute atomic E-state index is 0.0529. The van der Waals surface area contributed by atoms with E-state index in [0.29, 0.717) is 16.2 Å². The molecule has 4 aromatic carbocycles. The van der Waals surface area contributed by atoms with Crippen molar-refractivity contribution in [3.63, 3.8) is 0 Å². The molecule has 326 valence electrons. The SMILES string of the molecule is C=C(C)C(=O)NCCCNC(=O)C(CS(=O)(=O)[O-])NS(=O)(=O)c1cc(OC(C)=O)c2ccc3cccc4ccc1c2c34.CCCC[N+](CCCC)(CCCC)CCCC. The van der Waals surface area contributed by atoms with Gasteiger partial charge in [0, 0.05) is 47.8 Å². The average molecular weight is 857 g/mol. The highest BCUT2D eigenvalue weighted by atomic mass is 32.2. The number of quaternary nitrogens is 1. The van der Waals surface area contributed by atoms with E-state index < -0.39 is 43.8 Å². The normalized spacial score (nSPS) is 12.6. The number of sulfonamides is 1. The molecule has 2 amide bonds. The summed E-state index contributed by atoms with van der Waals surface area (Å²) >= 11 is 0. The molecule has 13 nitrogen and oxygen atoms in total. The standard InChI is InChI=1S/C28H29N3O9S2.C16H36N/c1-16(2)27(33)29-12-5-13-30-28(34)22(15-41(35,36)37)31-42(38,39)24-14-23(40-17(3)32)20-10-8-18-6-4-7-19-9-11-21(24)26(20)25(18)19;1-5-9-13-17(14-10-6-2,15-11-7-3)16-12-8-4/h4,6-11,14,22,31H,1,5,12-13,15H2,2-3H3,(H,29,33)(H,30,34)(H,35,36,37);5-16H2,1-4H3/q;+1/p-1. The average Bonchev–Trinajstić information content (AvgIpc) is 3.18. The highest BCUT2D eigenvalue weighted by Gasteiger charge is 2.31. The summed E-state index contributed by atoms with van der Waals surface area (Å²) < 4.78 is 71.2. The van der Waals surface area contributed by atoms with Gasteiger partial charge in [-0.15, -0.1) is 0 Å². The van der Waals surface area contributed by atoms with Crippen LogP contribution < -0.4 is 20.1 Å². The molecule has 1 atom stereocenters. The number of nitrogens with zero attached hydrogens (tertiary/aromatic N) is 1. The van der Waals surface area contributed by atoms with Gasteiger partial charge >= 0.3 is 5.97 Å². The molecule has 0 aliphatic rings. The molecular weight excluding hydrogens is 793 g/mol. The molecule has 0 aliphatic heterocycles. The van der Waals surface area contributed by atoms with Crippen LogP contribution in [0.1, 0.15) is 99.3 Å². The van der Waals surface area contributed by atoms with Gasteiger partial charge in [-0.25, -0.2) is 16.8 Å². The summed E-state index contributed by atoms with van der Waals surface area (Å²) in [5.74, 6) is -3.54. The number of hydrogen-bond acceptors (Lipinski definition) is 9. The quantitative estimate of drug-likeness (QED) is 0.0128. The van der Waals surface area contributed by atoms with Crippen LogP contribution in [0.2, 0.25) is 0 Å². The largest absolute Gasteiger partial charge is 0.748 e. The smallest absolute Gasteiger partial charge is 0.308 e. The number of carbonyl (C=O) groups is 3. The number of rotatable bonds is 24. The second-order valence-corrected chi connectivity index (χ2v) is 18.5. The van der Waals surface area contributed by atoms with E-state index in [1.165, 1.54) is 89.0 Å². The van der Waals surface area contributed by atoms with Crippen LogP contribution in [0, 0.1) is 0 Å². The third-order valence-electron chi connectivity index (χ3n) is 10.4. The number of nitrogens with one attached hydrogen (secondary N) is 3. The van der Waals surface area contributed by atoms with Gasteiger partial charge in [0.25, 0.3) is 0 Å². The molecule has 0 heterocycles. The van der Waals surface area contributed by atoms with E-state index in [-0.39, 0.29) is 47.0 Å². The van der Waals surface area contributed by atoms with E-state index in [4.69, 9.17) is 4.74 Å². The van der Waals surface area contributed by atoms with E-state index in [9.17, 15) is 35.8 Å². The molecule has 4 aromatic rings. The maximum Gasteiger partial charge on any atom is 0.308 e. The Hall–Kier alpha value is -4.15. The van der Waals surface area contributed by atoms with Gasteiger partial charge in [0.2, 0.25) is 21.8 Å². The van der Waals surface area contributed by atoms with Crippen molar-refractivity contribution in [1.29, 1.82) is 0 Å². The van der Waals surface area contributed by atoms with Gasteiger partial charge in [-0.3, -0.25) is 14.4 Å². The van der Waals surface area contributed by atoms with Crippen LogP contribution in [0.15, 0.2) is 65.6 Å². The van der Waals surface area contributed by atoms with E-state index in [2.05, 4.69) is 49.6 Å². The Morgan fingerprint density at radius 3 is 1.71 bits per heavy atom. The van der Waals surface area contributed by atoms with Crippen molar-refractivity contribution in [2.75, 3.05) is 45.0 Å². The number of benzene rings is 4. The lowest BCUT2D eigenvalue weighted by molar-refractivity contribution is -0.929. The van der Waals surface area contributed by atoms with Crippen molar-refractivity contribution in [3.8, 4) is 5.75 Å². The van der Waals surface area contributed by atoms with Crippen LogP contribution in [0.5, 0.6) is 5.75 Å². The van der Waals surface area contributed by atoms with Crippen LogP contribution in [-0.4, -0.2) is 94.7 Å². The second kappa shape index (κ2) is 23.0. The first-order valence-electron chi connectivity index (χ1n) is 20.8.